The number of nitrogens with two attached hydrogens (primary N) is 1. The first-order valence-corrected chi connectivity index (χ1v) is 7.92. The SMILES string of the molecule is CN(C)C1CCN(CC(O)C(N)Cc2ccccc2)CC1. The van der Waals surface area contributed by atoms with Crippen molar-refractivity contribution in [3.8, 4) is 0 Å². The lowest BCUT2D eigenvalue weighted by atomic mass is 10.00. The standard InChI is InChI=1S/C17H29N3O/c1-19(2)15-8-10-20(11-9-15)13-17(21)16(18)12-14-6-4-3-5-7-14/h3-7,15-17,21H,8-13,18H2,1-2H3. The zero-order valence-corrected chi connectivity index (χ0v) is 13.3. The third-order valence-corrected chi connectivity index (χ3v) is 4.54. The van der Waals surface area contributed by atoms with E-state index in [1.54, 1.807) is 0 Å². The van der Waals surface area contributed by atoms with Gasteiger partial charge in [0, 0.05) is 18.6 Å². The molecule has 0 radical (unpaired) electrons. The van der Waals surface area contributed by atoms with Gasteiger partial charge in [-0.05, 0) is 52.0 Å². The Morgan fingerprint density at radius 1 is 1.24 bits per heavy atom. The second kappa shape index (κ2) is 7.90. The van der Waals surface area contributed by atoms with Crippen molar-refractivity contribution in [3.63, 3.8) is 0 Å². The molecular formula is C17H29N3O. The Hall–Kier alpha value is -0.940. The fourth-order valence-electron chi connectivity index (χ4n) is 3.04. The van der Waals surface area contributed by atoms with Crippen LogP contribution in [0.15, 0.2) is 30.3 Å². The summed E-state index contributed by atoms with van der Waals surface area (Å²) >= 11 is 0. The van der Waals surface area contributed by atoms with E-state index < -0.39 is 6.10 Å². The van der Waals surface area contributed by atoms with Crippen LogP contribution < -0.4 is 5.73 Å². The Balaban J connectivity index is 1.75. The van der Waals surface area contributed by atoms with Gasteiger partial charge in [0.15, 0.2) is 0 Å². The number of benzene rings is 1. The molecule has 0 saturated carbocycles. The normalized spacial score (nSPS) is 20.6. The first kappa shape index (κ1) is 16.4. The van der Waals surface area contributed by atoms with E-state index >= 15 is 0 Å². The number of likely N-dealkylation sites (tertiary alicyclic amines) is 1. The van der Waals surface area contributed by atoms with E-state index in [1.165, 1.54) is 18.4 Å². The van der Waals surface area contributed by atoms with Gasteiger partial charge in [-0.2, -0.15) is 0 Å². The summed E-state index contributed by atoms with van der Waals surface area (Å²) in [5.41, 5.74) is 7.35. The van der Waals surface area contributed by atoms with Crippen molar-refractivity contribution >= 4 is 0 Å². The van der Waals surface area contributed by atoms with Crippen LogP contribution in [0.2, 0.25) is 0 Å². The van der Waals surface area contributed by atoms with E-state index in [0.29, 0.717) is 12.6 Å². The van der Waals surface area contributed by atoms with Gasteiger partial charge in [0.1, 0.15) is 0 Å². The molecular weight excluding hydrogens is 262 g/mol. The van der Waals surface area contributed by atoms with Gasteiger partial charge in [-0.3, -0.25) is 0 Å². The summed E-state index contributed by atoms with van der Waals surface area (Å²) in [5.74, 6) is 0. The summed E-state index contributed by atoms with van der Waals surface area (Å²) in [6.07, 6.45) is 2.62. The van der Waals surface area contributed by atoms with E-state index in [0.717, 1.165) is 19.5 Å². The van der Waals surface area contributed by atoms with Crippen molar-refractivity contribution in [2.75, 3.05) is 33.7 Å². The Morgan fingerprint density at radius 3 is 2.43 bits per heavy atom. The minimum atomic E-state index is -0.457. The Morgan fingerprint density at radius 2 is 1.86 bits per heavy atom. The highest BCUT2D eigenvalue weighted by Gasteiger charge is 2.24. The molecule has 0 spiro atoms. The zero-order valence-electron chi connectivity index (χ0n) is 13.3. The molecule has 4 nitrogen and oxygen atoms in total. The number of aliphatic hydroxyl groups excluding tert-OH is 1. The van der Waals surface area contributed by atoms with Gasteiger partial charge in [0.2, 0.25) is 0 Å². The van der Waals surface area contributed by atoms with Gasteiger partial charge >= 0.3 is 0 Å². The number of aliphatic hydroxyl groups is 1. The maximum absolute atomic E-state index is 10.3. The van der Waals surface area contributed by atoms with Gasteiger partial charge in [-0.15, -0.1) is 0 Å². The molecule has 4 heteroatoms. The van der Waals surface area contributed by atoms with Crippen LogP contribution in [0, 0.1) is 0 Å². The maximum Gasteiger partial charge on any atom is 0.0820 e. The van der Waals surface area contributed by atoms with Crippen molar-refractivity contribution in [2.45, 2.75) is 37.5 Å². The van der Waals surface area contributed by atoms with Crippen molar-refractivity contribution in [1.82, 2.24) is 9.80 Å². The number of β-amino-alcohol motifs (C(OH)–C–C–N with tert-alkyl or cyclic N) is 1. The molecule has 1 aromatic rings. The van der Waals surface area contributed by atoms with Gasteiger partial charge in [0.05, 0.1) is 6.10 Å². The quantitative estimate of drug-likeness (QED) is 0.819. The third-order valence-electron chi connectivity index (χ3n) is 4.54. The van der Waals surface area contributed by atoms with Gasteiger partial charge in [0.25, 0.3) is 0 Å². The average Bonchev–Trinajstić information content (AvgIpc) is 2.48. The van der Waals surface area contributed by atoms with E-state index in [4.69, 9.17) is 5.73 Å². The molecule has 2 unspecified atom stereocenters. The third kappa shape index (κ3) is 5.08. The van der Waals surface area contributed by atoms with E-state index in [-0.39, 0.29) is 6.04 Å². The van der Waals surface area contributed by atoms with Crippen molar-refractivity contribution in [1.29, 1.82) is 0 Å². The first-order chi connectivity index (χ1) is 10.1. The number of hydrogen-bond donors (Lipinski definition) is 2. The second-order valence-corrected chi connectivity index (χ2v) is 6.42. The average molecular weight is 291 g/mol. The first-order valence-electron chi connectivity index (χ1n) is 7.92. The van der Waals surface area contributed by atoms with E-state index in [1.807, 2.05) is 18.2 Å². The van der Waals surface area contributed by atoms with Crippen LogP contribution in [0.5, 0.6) is 0 Å². The lowest BCUT2D eigenvalue weighted by Gasteiger charge is -2.36. The molecule has 1 aliphatic heterocycles. The molecule has 1 aliphatic rings. The fourth-order valence-corrected chi connectivity index (χ4v) is 3.04. The predicted octanol–water partition coefficient (Wildman–Crippen LogP) is 0.943. The predicted molar refractivity (Wildman–Crippen MR) is 87.3 cm³/mol. The number of rotatable bonds is 6. The van der Waals surface area contributed by atoms with Crippen molar-refractivity contribution in [3.05, 3.63) is 35.9 Å². The molecule has 118 valence electrons. The summed E-state index contributed by atoms with van der Waals surface area (Å²) < 4.78 is 0. The van der Waals surface area contributed by atoms with Crippen LogP contribution in [0.3, 0.4) is 0 Å². The smallest absolute Gasteiger partial charge is 0.0820 e. The highest BCUT2D eigenvalue weighted by molar-refractivity contribution is 5.16. The highest BCUT2D eigenvalue weighted by atomic mass is 16.3. The molecule has 21 heavy (non-hydrogen) atoms. The van der Waals surface area contributed by atoms with Crippen molar-refractivity contribution < 1.29 is 5.11 Å². The summed E-state index contributed by atoms with van der Waals surface area (Å²) in [5, 5.41) is 10.3. The van der Waals surface area contributed by atoms with Crippen LogP contribution in [-0.2, 0) is 6.42 Å². The fraction of sp³-hybridized carbons (Fsp3) is 0.647. The lowest BCUT2D eigenvalue weighted by molar-refractivity contribution is 0.0658. The summed E-state index contributed by atoms with van der Waals surface area (Å²) in [4.78, 5) is 4.64. The molecule has 1 saturated heterocycles. The lowest BCUT2D eigenvalue weighted by Crippen LogP contribution is -2.49. The topological polar surface area (TPSA) is 52.7 Å². The molecule has 2 atom stereocenters. The summed E-state index contributed by atoms with van der Waals surface area (Å²) in [7, 11) is 4.29. The minimum Gasteiger partial charge on any atom is -0.390 e. The van der Waals surface area contributed by atoms with Gasteiger partial charge in [-0.1, -0.05) is 30.3 Å². The minimum absolute atomic E-state index is 0.195. The molecule has 1 heterocycles. The molecule has 1 fully saturated rings. The van der Waals surface area contributed by atoms with Crippen LogP contribution >= 0.6 is 0 Å². The zero-order chi connectivity index (χ0) is 15.2. The Kier molecular flexibility index (Phi) is 6.18. The molecule has 0 aromatic heterocycles. The van der Waals surface area contributed by atoms with Crippen LogP contribution in [0.1, 0.15) is 18.4 Å². The van der Waals surface area contributed by atoms with Crippen LogP contribution in [0.25, 0.3) is 0 Å². The number of hydrogen-bond acceptors (Lipinski definition) is 4. The molecule has 1 aromatic carbocycles. The van der Waals surface area contributed by atoms with E-state index in [2.05, 4.69) is 36.0 Å². The largest absolute Gasteiger partial charge is 0.390 e. The summed E-state index contributed by atoms with van der Waals surface area (Å²) in [6.45, 7) is 2.80. The molecule has 3 N–H and O–H groups in total. The van der Waals surface area contributed by atoms with Gasteiger partial charge < -0.3 is 20.6 Å². The number of nitrogens with zero attached hydrogens (tertiary/aromatic N) is 2. The molecule has 0 aliphatic carbocycles. The highest BCUT2D eigenvalue weighted by Crippen LogP contribution is 2.15. The van der Waals surface area contributed by atoms with Crippen molar-refractivity contribution in [2.24, 2.45) is 5.73 Å². The van der Waals surface area contributed by atoms with Crippen LogP contribution in [0.4, 0.5) is 0 Å². The monoisotopic (exact) mass is 291 g/mol. The number of piperidine rings is 1. The summed E-state index contributed by atoms with van der Waals surface area (Å²) in [6, 6.07) is 10.6. The maximum atomic E-state index is 10.3. The second-order valence-electron chi connectivity index (χ2n) is 6.42. The van der Waals surface area contributed by atoms with Gasteiger partial charge in [-0.25, -0.2) is 0 Å². The molecule has 0 amide bonds. The molecule has 0 bridgehead atoms. The van der Waals surface area contributed by atoms with Crippen LogP contribution in [-0.4, -0.2) is 66.8 Å². The Bertz CT molecular complexity index is 402. The van der Waals surface area contributed by atoms with E-state index in [9.17, 15) is 5.11 Å². The molecule has 2 rings (SSSR count). The Labute approximate surface area is 128 Å².